The molecule has 0 amide bonds. The van der Waals surface area contributed by atoms with Gasteiger partial charge in [-0.15, -0.1) is 11.6 Å². The quantitative estimate of drug-likeness (QED) is 0.366. The van der Waals surface area contributed by atoms with E-state index < -0.39 is 0 Å². The van der Waals surface area contributed by atoms with Gasteiger partial charge < -0.3 is 0 Å². The first-order valence-corrected chi connectivity index (χ1v) is 9.16. The van der Waals surface area contributed by atoms with Gasteiger partial charge >= 0.3 is 0 Å². The van der Waals surface area contributed by atoms with Crippen molar-refractivity contribution in [3.63, 3.8) is 0 Å². The molecule has 0 nitrogen and oxygen atoms in total. The zero-order valence-corrected chi connectivity index (χ0v) is 15.5. The van der Waals surface area contributed by atoms with Gasteiger partial charge in [-0.3, -0.25) is 0 Å². The van der Waals surface area contributed by atoms with Crippen LogP contribution in [0.1, 0.15) is 40.5 Å². The van der Waals surface area contributed by atoms with Crippen LogP contribution in [0.4, 0.5) is 0 Å². The van der Waals surface area contributed by atoms with E-state index >= 15 is 0 Å². The summed E-state index contributed by atoms with van der Waals surface area (Å²) in [5.41, 5.74) is 5.34. The van der Waals surface area contributed by atoms with E-state index in [0.29, 0.717) is 0 Å². The standard InChI is InChI=1S/C17H15BrClI/c18-16-8-7-14(20)10-15(16)17(19)13-6-5-11-3-1-2-4-12(11)9-13/h5-10,17H,1-4H2. The van der Waals surface area contributed by atoms with Crippen LogP contribution in [-0.4, -0.2) is 0 Å². The van der Waals surface area contributed by atoms with Crippen molar-refractivity contribution in [2.75, 3.05) is 0 Å². The Kier molecular flexibility index (Phi) is 4.73. The Morgan fingerprint density at radius 2 is 1.75 bits per heavy atom. The van der Waals surface area contributed by atoms with Gasteiger partial charge in [0.05, 0.1) is 5.38 Å². The van der Waals surface area contributed by atoms with E-state index in [1.807, 2.05) is 0 Å². The second kappa shape index (κ2) is 6.37. The fourth-order valence-electron chi connectivity index (χ4n) is 2.80. The summed E-state index contributed by atoms with van der Waals surface area (Å²) in [5.74, 6) is 0. The SMILES string of the molecule is ClC(c1ccc2c(c1)CCCC2)c1cc(I)ccc1Br. The average molecular weight is 462 g/mol. The number of rotatable bonds is 2. The van der Waals surface area contributed by atoms with Gasteiger partial charge in [0.1, 0.15) is 0 Å². The minimum atomic E-state index is -0.0914. The number of aryl methyl sites for hydroxylation is 2. The molecule has 3 heteroatoms. The molecule has 0 N–H and O–H groups in total. The number of benzene rings is 2. The van der Waals surface area contributed by atoms with E-state index in [0.717, 1.165) is 10.0 Å². The maximum atomic E-state index is 6.72. The second-order valence-electron chi connectivity index (χ2n) is 5.26. The van der Waals surface area contributed by atoms with Crippen LogP contribution >= 0.6 is 50.1 Å². The highest BCUT2D eigenvalue weighted by Crippen LogP contribution is 2.36. The first-order chi connectivity index (χ1) is 9.65. The van der Waals surface area contributed by atoms with Gasteiger partial charge in [-0.1, -0.05) is 34.1 Å². The molecule has 0 aromatic heterocycles. The van der Waals surface area contributed by atoms with Crippen molar-refractivity contribution in [1.82, 2.24) is 0 Å². The lowest BCUT2D eigenvalue weighted by molar-refractivity contribution is 0.684. The summed E-state index contributed by atoms with van der Waals surface area (Å²) in [6.45, 7) is 0. The molecular weight excluding hydrogens is 446 g/mol. The Labute approximate surface area is 147 Å². The predicted molar refractivity (Wildman–Crippen MR) is 97.6 cm³/mol. The van der Waals surface area contributed by atoms with Crippen molar-refractivity contribution in [3.8, 4) is 0 Å². The number of halogens is 3. The summed E-state index contributed by atoms with van der Waals surface area (Å²) < 4.78 is 2.29. The first-order valence-electron chi connectivity index (χ1n) is 6.86. The number of alkyl halides is 1. The minimum Gasteiger partial charge on any atom is -0.113 e. The van der Waals surface area contributed by atoms with E-state index in [9.17, 15) is 0 Å². The first kappa shape index (κ1) is 14.9. The Bertz CT molecular complexity index is 639. The topological polar surface area (TPSA) is 0 Å². The van der Waals surface area contributed by atoms with Crippen LogP contribution in [0, 0.1) is 3.57 Å². The maximum Gasteiger partial charge on any atom is 0.0846 e. The Balaban J connectivity index is 1.97. The lowest BCUT2D eigenvalue weighted by Crippen LogP contribution is -2.04. The van der Waals surface area contributed by atoms with Crippen molar-refractivity contribution >= 4 is 50.1 Å². The van der Waals surface area contributed by atoms with Gasteiger partial charge in [0.2, 0.25) is 0 Å². The van der Waals surface area contributed by atoms with Crippen LogP contribution in [0.25, 0.3) is 0 Å². The zero-order valence-electron chi connectivity index (χ0n) is 11.0. The molecule has 2 aromatic carbocycles. The molecule has 0 fully saturated rings. The normalized spacial score (nSPS) is 15.8. The van der Waals surface area contributed by atoms with E-state index in [-0.39, 0.29) is 5.38 Å². The van der Waals surface area contributed by atoms with Crippen molar-refractivity contribution < 1.29 is 0 Å². The predicted octanol–water partition coefficient (Wildman–Crippen LogP) is 6.26. The second-order valence-corrected chi connectivity index (χ2v) is 7.80. The van der Waals surface area contributed by atoms with Gasteiger partial charge in [0, 0.05) is 8.04 Å². The average Bonchev–Trinajstić information content (AvgIpc) is 2.48. The minimum absolute atomic E-state index is 0.0914. The van der Waals surface area contributed by atoms with E-state index in [4.69, 9.17) is 11.6 Å². The summed E-state index contributed by atoms with van der Waals surface area (Å²) in [6.07, 6.45) is 5.03. The van der Waals surface area contributed by atoms with Crippen LogP contribution in [0.2, 0.25) is 0 Å². The van der Waals surface area contributed by atoms with E-state index in [2.05, 4.69) is 74.9 Å². The van der Waals surface area contributed by atoms with Gasteiger partial charge in [0.15, 0.2) is 0 Å². The smallest absolute Gasteiger partial charge is 0.0846 e. The summed E-state index contributed by atoms with van der Waals surface area (Å²) in [7, 11) is 0. The number of hydrogen-bond donors (Lipinski definition) is 0. The molecule has 1 atom stereocenters. The molecule has 20 heavy (non-hydrogen) atoms. The number of hydrogen-bond acceptors (Lipinski definition) is 0. The fraction of sp³-hybridized carbons (Fsp3) is 0.294. The molecule has 1 unspecified atom stereocenters. The molecule has 0 spiro atoms. The van der Waals surface area contributed by atoms with Crippen molar-refractivity contribution in [2.24, 2.45) is 0 Å². The molecule has 104 valence electrons. The molecule has 0 aliphatic heterocycles. The van der Waals surface area contributed by atoms with Crippen LogP contribution < -0.4 is 0 Å². The molecule has 0 saturated heterocycles. The van der Waals surface area contributed by atoms with Crippen LogP contribution in [0.5, 0.6) is 0 Å². The molecular formula is C17H15BrClI. The van der Waals surface area contributed by atoms with Crippen LogP contribution in [-0.2, 0) is 12.8 Å². The molecule has 0 saturated carbocycles. The van der Waals surface area contributed by atoms with Gasteiger partial charge in [0.25, 0.3) is 0 Å². The molecule has 1 aliphatic rings. The van der Waals surface area contributed by atoms with Gasteiger partial charge in [-0.25, -0.2) is 0 Å². The molecule has 0 bridgehead atoms. The Hall–Kier alpha value is -0.0600. The maximum absolute atomic E-state index is 6.72. The molecule has 2 aromatic rings. The highest BCUT2D eigenvalue weighted by atomic mass is 127. The van der Waals surface area contributed by atoms with Crippen LogP contribution in [0.3, 0.4) is 0 Å². The van der Waals surface area contributed by atoms with Crippen molar-refractivity contribution in [2.45, 2.75) is 31.1 Å². The molecule has 0 radical (unpaired) electrons. The highest BCUT2D eigenvalue weighted by Gasteiger charge is 2.17. The summed E-state index contributed by atoms with van der Waals surface area (Å²) in [4.78, 5) is 0. The van der Waals surface area contributed by atoms with Gasteiger partial charge in [-0.2, -0.15) is 0 Å². The Morgan fingerprint density at radius 3 is 2.55 bits per heavy atom. The monoisotopic (exact) mass is 460 g/mol. The lowest BCUT2D eigenvalue weighted by Gasteiger charge is -2.19. The van der Waals surface area contributed by atoms with Crippen molar-refractivity contribution in [3.05, 3.63) is 66.7 Å². The third-order valence-corrected chi connectivity index (χ3v) is 5.78. The number of fused-ring (bicyclic) bond motifs is 1. The Morgan fingerprint density at radius 1 is 1.00 bits per heavy atom. The summed E-state index contributed by atoms with van der Waals surface area (Å²) >= 11 is 12.7. The largest absolute Gasteiger partial charge is 0.113 e. The van der Waals surface area contributed by atoms with Crippen molar-refractivity contribution in [1.29, 1.82) is 0 Å². The van der Waals surface area contributed by atoms with Crippen LogP contribution in [0.15, 0.2) is 40.9 Å². The third kappa shape index (κ3) is 3.07. The zero-order chi connectivity index (χ0) is 14.1. The summed E-state index contributed by atoms with van der Waals surface area (Å²) in [6, 6.07) is 13.1. The van der Waals surface area contributed by atoms with E-state index in [1.54, 1.807) is 0 Å². The highest BCUT2D eigenvalue weighted by molar-refractivity contribution is 14.1. The molecule has 3 rings (SSSR count). The third-order valence-electron chi connectivity index (χ3n) is 3.90. The summed E-state index contributed by atoms with van der Waals surface area (Å²) in [5, 5.41) is -0.0914. The lowest BCUT2D eigenvalue weighted by atomic mass is 9.89. The van der Waals surface area contributed by atoms with Gasteiger partial charge in [-0.05, 0) is 88.7 Å². The molecule has 1 aliphatic carbocycles. The molecule has 0 heterocycles. The fourth-order valence-corrected chi connectivity index (χ4v) is 4.24. The van der Waals surface area contributed by atoms with E-state index in [1.165, 1.54) is 45.9 Å².